The average molecular weight is 439 g/mol. The Morgan fingerprint density at radius 2 is 1.64 bits per heavy atom. The number of anilines is 1. The second kappa shape index (κ2) is 8.11. The van der Waals surface area contributed by atoms with E-state index in [1.165, 1.54) is 11.3 Å². The molecule has 0 aliphatic carbocycles. The highest BCUT2D eigenvalue weighted by molar-refractivity contribution is 5.99. The SMILES string of the molecule is CCc1cccc2[nH]c(C)c(C3(c4ccc(N(CC)CC)cc4)OC(=O)c4ccccc43)c12. The van der Waals surface area contributed by atoms with Crippen molar-refractivity contribution in [3.8, 4) is 0 Å². The van der Waals surface area contributed by atoms with Crippen molar-refractivity contribution in [2.75, 3.05) is 18.0 Å². The van der Waals surface area contributed by atoms with Gasteiger partial charge in [-0.3, -0.25) is 0 Å². The maximum Gasteiger partial charge on any atom is 0.340 e. The van der Waals surface area contributed by atoms with Gasteiger partial charge < -0.3 is 14.6 Å². The summed E-state index contributed by atoms with van der Waals surface area (Å²) in [5, 5.41) is 1.15. The number of hydrogen-bond acceptors (Lipinski definition) is 3. The predicted molar refractivity (Wildman–Crippen MR) is 134 cm³/mol. The van der Waals surface area contributed by atoms with Crippen LogP contribution in [0.5, 0.6) is 0 Å². The summed E-state index contributed by atoms with van der Waals surface area (Å²) in [6.07, 6.45) is 0.897. The average Bonchev–Trinajstić information content (AvgIpc) is 3.34. The van der Waals surface area contributed by atoms with Crippen LogP contribution in [0.4, 0.5) is 5.69 Å². The van der Waals surface area contributed by atoms with Gasteiger partial charge in [0.15, 0.2) is 5.60 Å². The Bertz CT molecular complexity index is 1330. The van der Waals surface area contributed by atoms with Crippen molar-refractivity contribution < 1.29 is 9.53 Å². The first-order valence-corrected chi connectivity index (χ1v) is 11.8. The molecule has 0 fully saturated rings. The number of fused-ring (bicyclic) bond motifs is 2. The summed E-state index contributed by atoms with van der Waals surface area (Å²) >= 11 is 0. The van der Waals surface area contributed by atoms with Crippen LogP contribution < -0.4 is 4.90 Å². The number of nitrogens with one attached hydrogen (secondary N) is 1. The first-order chi connectivity index (χ1) is 16.0. The van der Waals surface area contributed by atoms with E-state index in [1.54, 1.807) is 0 Å². The molecule has 0 saturated carbocycles. The van der Waals surface area contributed by atoms with Crippen molar-refractivity contribution >= 4 is 22.6 Å². The lowest BCUT2D eigenvalue weighted by Crippen LogP contribution is -2.30. The van der Waals surface area contributed by atoms with Crippen molar-refractivity contribution in [3.63, 3.8) is 0 Å². The number of hydrogen-bond donors (Lipinski definition) is 1. The van der Waals surface area contributed by atoms with Gasteiger partial charge in [0.2, 0.25) is 0 Å². The van der Waals surface area contributed by atoms with Crippen LogP contribution in [0, 0.1) is 6.92 Å². The van der Waals surface area contributed by atoms with E-state index >= 15 is 0 Å². The smallest absolute Gasteiger partial charge is 0.340 e. The molecule has 1 aliphatic heterocycles. The van der Waals surface area contributed by atoms with Gasteiger partial charge in [0, 0.05) is 52.1 Å². The van der Waals surface area contributed by atoms with Gasteiger partial charge in [0.05, 0.1) is 5.56 Å². The number of aryl methyl sites for hydroxylation is 2. The molecule has 33 heavy (non-hydrogen) atoms. The van der Waals surface area contributed by atoms with Gasteiger partial charge in [0.1, 0.15) is 0 Å². The van der Waals surface area contributed by atoms with Crippen LogP contribution in [0.15, 0.2) is 66.7 Å². The molecule has 4 nitrogen and oxygen atoms in total. The normalized spacial score (nSPS) is 17.3. The van der Waals surface area contributed by atoms with E-state index in [0.717, 1.165) is 52.8 Å². The molecule has 4 aromatic rings. The Kier molecular flexibility index (Phi) is 5.24. The number of aromatic nitrogens is 1. The molecule has 0 saturated heterocycles. The third kappa shape index (κ3) is 3.08. The number of ether oxygens (including phenoxy) is 1. The summed E-state index contributed by atoms with van der Waals surface area (Å²) in [6, 6.07) is 22.7. The van der Waals surface area contributed by atoms with Gasteiger partial charge in [-0.05, 0) is 57.0 Å². The van der Waals surface area contributed by atoms with Crippen LogP contribution >= 0.6 is 0 Å². The standard InChI is InChI=1S/C29H30N2O2/c1-5-20-11-10-14-25-26(20)27(19(4)30-25)29(24-13-9-8-12-23(24)28(32)33-29)21-15-17-22(18-16-21)31(6-2)7-3/h8-18,30H,5-7H2,1-4H3. The Morgan fingerprint density at radius 3 is 2.33 bits per heavy atom. The van der Waals surface area contributed by atoms with E-state index in [2.05, 4.69) is 80.0 Å². The second-order valence-corrected chi connectivity index (χ2v) is 8.65. The highest BCUT2D eigenvalue weighted by Gasteiger charge is 2.50. The molecule has 0 amide bonds. The second-order valence-electron chi connectivity index (χ2n) is 8.65. The highest BCUT2D eigenvalue weighted by atomic mass is 16.6. The van der Waals surface area contributed by atoms with Crippen molar-refractivity contribution in [1.82, 2.24) is 4.98 Å². The minimum absolute atomic E-state index is 0.277. The summed E-state index contributed by atoms with van der Waals surface area (Å²) < 4.78 is 6.42. The summed E-state index contributed by atoms with van der Waals surface area (Å²) in [4.78, 5) is 19.1. The molecule has 0 radical (unpaired) electrons. The van der Waals surface area contributed by atoms with E-state index < -0.39 is 5.60 Å². The molecule has 1 aliphatic rings. The summed E-state index contributed by atoms with van der Waals surface area (Å²) in [7, 11) is 0. The van der Waals surface area contributed by atoms with Crippen LogP contribution in [-0.2, 0) is 16.8 Å². The van der Waals surface area contributed by atoms with Crippen LogP contribution in [0.2, 0.25) is 0 Å². The molecule has 2 heterocycles. The summed E-state index contributed by atoms with van der Waals surface area (Å²) in [5.41, 5.74) is 7.03. The van der Waals surface area contributed by atoms with Crippen molar-refractivity contribution in [2.45, 2.75) is 39.7 Å². The molecule has 168 valence electrons. The third-order valence-electron chi connectivity index (χ3n) is 7.01. The number of H-pyrrole nitrogens is 1. The van der Waals surface area contributed by atoms with Crippen LogP contribution in [0.1, 0.15) is 59.1 Å². The van der Waals surface area contributed by atoms with Crippen molar-refractivity contribution in [3.05, 3.63) is 100 Å². The lowest BCUT2D eigenvalue weighted by Gasteiger charge is -2.31. The first kappa shape index (κ1) is 21.3. The quantitative estimate of drug-likeness (QED) is 0.357. The van der Waals surface area contributed by atoms with Crippen LogP contribution in [0.3, 0.4) is 0 Å². The number of rotatable bonds is 6. The summed E-state index contributed by atoms with van der Waals surface area (Å²) in [5.74, 6) is -0.277. The number of carbonyl (C=O) groups excluding carboxylic acids is 1. The topological polar surface area (TPSA) is 45.3 Å². The summed E-state index contributed by atoms with van der Waals surface area (Å²) in [6.45, 7) is 10.5. The maximum absolute atomic E-state index is 13.2. The Labute approximate surface area is 195 Å². The molecule has 1 atom stereocenters. The number of benzene rings is 3. The van der Waals surface area contributed by atoms with Gasteiger partial charge >= 0.3 is 5.97 Å². The van der Waals surface area contributed by atoms with E-state index in [4.69, 9.17) is 4.74 Å². The molecule has 4 heteroatoms. The Balaban J connectivity index is 1.84. The van der Waals surface area contributed by atoms with Gasteiger partial charge in [-0.2, -0.15) is 0 Å². The number of cyclic esters (lactones) is 1. The third-order valence-corrected chi connectivity index (χ3v) is 7.01. The molecule has 0 bridgehead atoms. The fraction of sp³-hybridized carbons (Fsp3) is 0.276. The molecule has 0 spiro atoms. The molecular weight excluding hydrogens is 408 g/mol. The fourth-order valence-electron chi connectivity index (χ4n) is 5.44. The monoisotopic (exact) mass is 438 g/mol. The van der Waals surface area contributed by atoms with Gasteiger partial charge in [-0.25, -0.2) is 4.79 Å². The van der Waals surface area contributed by atoms with Gasteiger partial charge in [0.25, 0.3) is 0 Å². The number of nitrogens with zero attached hydrogens (tertiary/aromatic N) is 1. The Morgan fingerprint density at radius 1 is 0.909 bits per heavy atom. The lowest BCUT2D eigenvalue weighted by molar-refractivity contribution is 0.0254. The number of carbonyl (C=O) groups is 1. The van der Waals surface area contributed by atoms with Gasteiger partial charge in [-0.15, -0.1) is 0 Å². The Hall–Kier alpha value is -3.53. The zero-order chi connectivity index (χ0) is 23.2. The fourth-order valence-corrected chi connectivity index (χ4v) is 5.44. The molecule has 5 rings (SSSR count). The zero-order valence-corrected chi connectivity index (χ0v) is 19.7. The minimum Gasteiger partial charge on any atom is -0.440 e. The lowest BCUT2D eigenvalue weighted by atomic mass is 9.78. The first-order valence-electron chi connectivity index (χ1n) is 11.8. The van der Waals surface area contributed by atoms with Gasteiger partial charge in [-0.1, -0.05) is 49.4 Å². The van der Waals surface area contributed by atoms with Crippen molar-refractivity contribution in [2.24, 2.45) is 0 Å². The molecule has 3 aromatic carbocycles. The van der Waals surface area contributed by atoms with E-state index in [1.807, 2.05) is 24.3 Å². The van der Waals surface area contributed by atoms with Crippen molar-refractivity contribution in [1.29, 1.82) is 0 Å². The van der Waals surface area contributed by atoms with E-state index in [-0.39, 0.29) is 5.97 Å². The van der Waals surface area contributed by atoms with E-state index in [9.17, 15) is 4.79 Å². The zero-order valence-electron chi connectivity index (χ0n) is 19.7. The number of esters is 1. The molecule has 1 unspecified atom stereocenters. The largest absolute Gasteiger partial charge is 0.440 e. The highest BCUT2D eigenvalue weighted by Crippen LogP contribution is 2.51. The van der Waals surface area contributed by atoms with Crippen LogP contribution in [-0.4, -0.2) is 24.0 Å². The minimum atomic E-state index is -0.997. The molecule has 1 aromatic heterocycles. The molecular formula is C29H30N2O2. The van der Waals surface area contributed by atoms with Crippen LogP contribution in [0.25, 0.3) is 10.9 Å². The predicted octanol–water partition coefficient (Wildman–Crippen LogP) is 6.35. The number of aromatic amines is 1. The maximum atomic E-state index is 13.2. The molecule has 1 N–H and O–H groups in total. The van der Waals surface area contributed by atoms with E-state index in [0.29, 0.717) is 5.56 Å².